The summed E-state index contributed by atoms with van der Waals surface area (Å²) in [5.41, 5.74) is 0.234. The Hall–Kier alpha value is 0.270. The normalized spacial score (nSPS) is 12.0. The van der Waals surface area contributed by atoms with E-state index < -0.39 is 0 Å². The van der Waals surface area contributed by atoms with Crippen molar-refractivity contribution in [2.75, 3.05) is 20.0 Å². The molecule has 0 spiro atoms. The third-order valence-corrected chi connectivity index (χ3v) is 2.29. The third-order valence-electron chi connectivity index (χ3n) is 1.53. The van der Waals surface area contributed by atoms with Crippen molar-refractivity contribution in [3.05, 3.63) is 0 Å². The molecule has 0 rings (SSSR count). The largest absolute Gasteiger partial charge is 0.385 e. The summed E-state index contributed by atoms with van der Waals surface area (Å²) in [5.74, 6) is 0. The molecule has 0 radical (unpaired) electrons. The summed E-state index contributed by atoms with van der Waals surface area (Å²) in [7, 11) is 1.75. The van der Waals surface area contributed by atoms with Gasteiger partial charge in [0.2, 0.25) is 0 Å². The van der Waals surface area contributed by atoms with Gasteiger partial charge in [-0.15, -0.1) is 0 Å². The predicted molar refractivity (Wildman–Crippen MR) is 51.8 cm³/mol. The maximum absolute atomic E-state index is 4.98. The fourth-order valence-electron chi connectivity index (χ4n) is 0.986. The van der Waals surface area contributed by atoms with E-state index in [0.717, 1.165) is 19.4 Å². The number of hydrogen-bond acceptors (Lipinski definition) is 3. The van der Waals surface area contributed by atoms with Crippen molar-refractivity contribution in [2.45, 2.75) is 32.2 Å². The lowest BCUT2D eigenvalue weighted by Crippen LogP contribution is -2.34. The summed E-state index contributed by atoms with van der Waals surface area (Å²) in [6.07, 6.45) is 4.33. The summed E-state index contributed by atoms with van der Waals surface area (Å²) < 4.78 is 8.32. The lowest BCUT2D eigenvalue weighted by Gasteiger charge is -2.24. The first kappa shape index (κ1) is 11.3. The summed E-state index contributed by atoms with van der Waals surface area (Å²) in [4.78, 5) is 0. The van der Waals surface area contributed by atoms with Crippen molar-refractivity contribution >= 4 is 11.9 Å². The van der Waals surface area contributed by atoms with E-state index in [0.29, 0.717) is 0 Å². The van der Waals surface area contributed by atoms with Crippen LogP contribution in [0.4, 0.5) is 0 Å². The molecule has 0 aromatic rings. The zero-order valence-corrected chi connectivity index (χ0v) is 8.75. The molecular weight excluding hydrogens is 158 g/mol. The minimum atomic E-state index is 0.234. The molecule has 0 aromatic heterocycles. The standard InChI is InChI=1S/C8H19NOS/c1-8(2,9-11-4)6-5-7-10-3/h9H,5-7H2,1-4H3. The fourth-order valence-corrected chi connectivity index (χ4v) is 1.64. The molecule has 0 bridgehead atoms. The van der Waals surface area contributed by atoms with Gasteiger partial charge in [0.15, 0.2) is 0 Å². The van der Waals surface area contributed by atoms with E-state index >= 15 is 0 Å². The molecule has 0 aromatic carbocycles. The highest BCUT2D eigenvalue weighted by molar-refractivity contribution is 7.96. The average Bonchev–Trinajstić information content (AvgIpc) is 1.87. The van der Waals surface area contributed by atoms with Crippen molar-refractivity contribution in [1.29, 1.82) is 0 Å². The van der Waals surface area contributed by atoms with Crippen LogP contribution in [-0.2, 0) is 4.74 Å². The second-order valence-corrected chi connectivity index (χ2v) is 3.90. The van der Waals surface area contributed by atoms with Crippen LogP contribution in [-0.4, -0.2) is 25.5 Å². The number of nitrogens with one attached hydrogen (secondary N) is 1. The van der Waals surface area contributed by atoms with Gasteiger partial charge in [0.05, 0.1) is 0 Å². The first-order valence-corrected chi connectivity index (χ1v) is 5.14. The fraction of sp³-hybridized carbons (Fsp3) is 1.00. The van der Waals surface area contributed by atoms with Crippen molar-refractivity contribution in [1.82, 2.24) is 4.72 Å². The molecule has 0 heterocycles. The Morgan fingerprint density at radius 2 is 2.09 bits per heavy atom. The van der Waals surface area contributed by atoms with Crippen LogP contribution in [0.5, 0.6) is 0 Å². The number of hydrogen-bond donors (Lipinski definition) is 1. The highest BCUT2D eigenvalue weighted by Gasteiger charge is 2.14. The van der Waals surface area contributed by atoms with E-state index in [-0.39, 0.29) is 5.54 Å². The molecule has 68 valence electrons. The van der Waals surface area contributed by atoms with E-state index in [1.54, 1.807) is 19.1 Å². The maximum Gasteiger partial charge on any atom is 0.0462 e. The molecule has 0 saturated carbocycles. The van der Waals surface area contributed by atoms with E-state index in [2.05, 4.69) is 24.8 Å². The molecule has 0 atom stereocenters. The van der Waals surface area contributed by atoms with Crippen LogP contribution in [0.2, 0.25) is 0 Å². The van der Waals surface area contributed by atoms with Crippen molar-refractivity contribution in [3.63, 3.8) is 0 Å². The SMILES string of the molecule is COCCCC(C)(C)NSC. The van der Waals surface area contributed by atoms with Gasteiger partial charge in [-0.2, -0.15) is 0 Å². The molecule has 3 heteroatoms. The molecule has 2 nitrogen and oxygen atoms in total. The summed E-state index contributed by atoms with van der Waals surface area (Å²) in [6.45, 7) is 5.28. The smallest absolute Gasteiger partial charge is 0.0462 e. The highest BCUT2D eigenvalue weighted by atomic mass is 32.2. The van der Waals surface area contributed by atoms with Gasteiger partial charge in [-0.1, -0.05) is 11.9 Å². The Morgan fingerprint density at radius 3 is 2.55 bits per heavy atom. The van der Waals surface area contributed by atoms with Gasteiger partial charge in [-0.05, 0) is 32.9 Å². The van der Waals surface area contributed by atoms with Gasteiger partial charge in [-0.25, -0.2) is 0 Å². The van der Waals surface area contributed by atoms with E-state index in [4.69, 9.17) is 4.74 Å². The maximum atomic E-state index is 4.98. The molecule has 0 saturated heterocycles. The van der Waals surface area contributed by atoms with Crippen LogP contribution >= 0.6 is 11.9 Å². The van der Waals surface area contributed by atoms with Crippen molar-refractivity contribution in [2.24, 2.45) is 0 Å². The molecule has 0 unspecified atom stereocenters. The van der Waals surface area contributed by atoms with Crippen LogP contribution in [0.3, 0.4) is 0 Å². The molecule has 11 heavy (non-hydrogen) atoms. The monoisotopic (exact) mass is 177 g/mol. The Balaban J connectivity index is 3.38. The molecule has 0 aliphatic rings. The van der Waals surface area contributed by atoms with Gasteiger partial charge in [-0.3, -0.25) is 4.72 Å². The summed E-state index contributed by atoms with van der Waals surface area (Å²) >= 11 is 1.68. The lowest BCUT2D eigenvalue weighted by molar-refractivity contribution is 0.185. The molecule has 0 fully saturated rings. The quantitative estimate of drug-likeness (QED) is 0.495. The predicted octanol–water partition coefficient (Wildman–Crippen LogP) is 2.06. The lowest BCUT2D eigenvalue weighted by atomic mass is 10.0. The minimum absolute atomic E-state index is 0.234. The molecular formula is C8H19NOS. The second kappa shape index (κ2) is 5.86. The van der Waals surface area contributed by atoms with Crippen molar-refractivity contribution in [3.8, 4) is 0 Å². The van der Waals surface area contributed by atoms with Crippen LogP contribution in [0.1, 0.15) is 26.7 Å². The van der Waals surface area contributed by atoms with Crippen LogP contribution in [0.25, 0.3) is 0 Å². The Morgan fingerprint density at radius 1 is 1.45 bits per heavy atom. The van der Waals surface area contributed by atoms with E-state index in [1.807, 2.05) is 0 Å². The topological polar surface area (TPSA) is 21.3 Å². The summed E-state index contributed by atoms with van der Waals surface area (Å²) in [6, 6.07) is 0. The van der Waals surface area contributed by atoms with E-state index in [1.165, 1.54) is 0 Å². The molecule has 0 amide bonds. The van der Waals surface area contributed by atoms with E-state index in [9.17, 15) is 0 Å². The van der Waals surface area contributed by atoms with Crippen LogP contribution in [0.15, 0.2) is 0 Å². The van der Waals surface area contributed by atoms with Crippen LogP contribution in [0, 0.1) is 0 Å². The summed E-state index contributed by atoms with van der Waals surface area (Å²) in [5, 5.41) is 0. The number of methoxy groups -OCH3 is 1. The Bertz CT molecular complexity index is 96.1. The minimum Gasteiger partial charge on any atom is -0.385 e. The van der Waals surface area contributed by atoms with Gasteiger partial charge in [0.1, 0.15) is 0 Å². The number of ether oxygens (including phenoxy) is 1. The third kappa shape index (κ3) is 6.66. The molecule has 0 aliphatic heterocycles. The van der Waals surface area contributed by atoms with Gasteiger partial charge < -0.3 is 4.74 Å². The zero-order valence-electron chi connectivity index (χ0n) is 7.94. The Labute approximate surface area is 74.2 Å². The number of rotatable bonds is 6. The van der Waals surface area contributed by atoms with Crippen molar-refractivity contribution < 1.29 is 4.74 Å². The molecule has 0 aliphatic carbocycles. The Kier molecular flexibility index (Phi) is 6.01. The van der Waals surface area contributed by atoms with Crippen LogP contribution < -0.4 is 4.72 Å². The average molecular weight is 177 g/mol. The second-order valence-electron chi connectivity index (χ2n) is 3.29. The van der Waals surface area contributed by atoms with Gasteiger partial charge >= 0.3 is 0 Å². The van der Waals surface area contributed by atoms with Gasteiger partial charge in [0.25, 0.3) is 0 Å². The first-order valence-electron chi connectivity index (χ1n) is 3.91. The zero-order chi connectivity index (χ0) is 8.74. The van der Waals surface area contributed by atoms with Gasteiger partial charge in [0, 0.05) is 19.3 Å². The molecule has 1 N–H and O–H groups in total. The highest BCUT2D eigenvalue weighted by Crippen LogP contribution is 2.13. The first-order chi connectivity index (χ1) is 5.12.